The Morgan fingerprint density at radius 1 is 1.01 bits per heavy atom. The Balaban J connectivity index is 0.927. The molecule has 0 bridgehead atoms. The van der Waals surface area contributed by atoms with Gasteiger partial charge in [0.1, 0.15) is 42.3 Å². The van der Waals surface area contributed by atoms with E-state index in [0.29, 0.717) is 28.3 Å². The van der Waals surface area contributed by atoms with Crippen molar-refractivity contribution in [1.29, 1.82) is 5.26 Å². The van der Waals surface area contributed by atoms with E-state index in [9.17, 15) is 42.7 Å². The summed E-state index contributed by atoms with van der Waals surface area (Å²) in [6.07, 6.45) is -5.73. The Morgan fingerprint density at radius 2 is 1.72 bits per heavy atom. The van der Waals surface area contributed by atoms with Crippen LogP contribution in [0.25, 0.3) is 10.4 Å². The van der Waals surface area contributed by atoms with Crippen LogP contribution in [0.4, 0.5) is 24.5 Å². The number of β-amino-alcohol motifs (C(OH)–C–C–N with tert-alkyl or cyclic N) is 1. The smallest absolute Gasteiger partial charge is 0.417 e. The van der Waals surface area contributed by atoms with E-state index in [0.717, 1.165) is 38.7 Å². The fourth-order valence-electron chi connectivity index (χ4n) is 9.07. The minimum absolute atomic E-state index is 0.0317. The fourth-order valence-corrected chi connectivity index (χ4v) is 10.4. The highest BCUT2D eigenvalue weighted by Crippen LogP contribution is 2.40. The minimum atomic E-state index is -4.83. The van der Waals surface area contributed by atoms with Crippen molar-refractivity contribution >= 4 is 63.7 Å². The molecule has 0 spiro atoms. The summed E-state index contributed by atoms with van der Waals surface area (Å²) in [4.78, 5) is 66.2. The van der Waals surface area contributed by atoms with E-state index in [4.69, 9.17) is 21.7 Å². The molecule has 2 saturated heterocycles. The monoisotopic (exact) mass is 979 g/mol. The number of halogens is 3. The molecule has 69 heavy (non-hydrogen) atoms. The zero-order valence-corrected chi connectivity index (χ0v) is 39.9. The number of nitrogens with zero attached hydrogens (tertiary/aromatic N) is 6. The van der Waals surface area contributed by atoms with E-state index in [1.54, 1.807) is 71.6 Å². The van der Waals surface area contributed by atoms with Crippen molar-refractivity contribution in [3.8, 4) is 28.0 Å². The Kier molecular flexibility index (Phi) is 13.6. The van der Waals surface area contributed by atoms with Gasteiger partial charge in [0.2, 0.25) is 11.8 Å². The lowest BCUT2D eigenvalue weighted by atomic mass is 10.0. The second-order valence-electron chi connectivity index (χ2n) is 17.8. The number of thiocarbonyl (C=S) groups is 1. The van der Waals surface area contributed by atoms with E-state index in [1.807, 2.05) is 51.1 Å². The number of carbonyl (C=O) groups is 4. The van der Waals surface area contributed by atoms with Gasteiger partial charge in [-0.05, 0) is 105 Å². The number of nitriles is 1. The van der Waals surface area contributed by atoms with Crippen molar-refractivity contribution in [3.63, 3.8) is 0 Å². The number of carbonyl (C=O) groups excluding carboxylic acids is 4. The van der Waals surface area contributed by atoms with Gasteiger partial charge in [-0.2, -0.15) is 18.4 Å². The number of nitrogens with one attached hydrogen (secondary N) is 1. The third-order valence-corrected chi connectivity index (χ3v) is 13.9. The maximum Gasteiger partial charge on any atom is 0.417 e. The van der Waals surface area contributed by atoms with Crippen molar-refractivity contribution in [1.82, 2.24) is 20.1 Å². The lowest BCUT2D eigenvalue weighted by Gasteiger charge is -2.35. The molecule has 19 heteroatoms. The molecule has 0 unspecified atom stereocenters. The van der Waals surface area contributed by atoms with Gasteiger partial charge in [0, 0.05) is 42.9 Å². The highest BCUT2D eigenvalue weighted by molar-refractivity contribution is 7.81. The first-order valence-electron chi connectivity index (χ1n) is 22.1. The third-order valence-electron chi connectivity index (χ3n) is 12.5. The average molecular weight is 980 g/mol. The number of anilines is 2. The van der Waals surface area contributed by atoms with E-state index in [2.05, 4.69) is 10.3 Å². The van der Waals surface area contributed by atoms with Crippen LogP contribution < -0.4 is 24.6 Å². The molecule has 0 saturated carbocycles. The topological polar surface area (TPSA) is 169 Å². The number of fused-ring (bicyclic) bond motifs is 1. The van der Waals surface area contributed by atoms with Gasteiger partial charge in [0.05, 0.1) is 45.1 Å². The van der Waals surface area contributed by atoms with Crippen LogP contribution in [0.3, 0.4) is 0 Å². The highest BCUT2D eigenvalue weighted by atomic mass is 32.1. The minimum Gasteiger partial charge on any atom is -0.490 e. The number of rotatable bonds is 14. The number of aliphatic hydroxyl groups excluding tert-OH is 1. The molecular weight excluding hydrogens is 932 g/mol. The molecule has 14 nitrogen and oxygen atoms in total. The molecule has 3 aliphatic rings. The van der Waals surface area contributed by atoms with Crippen molar-refractivity contribution in [2.24, 2.45) is 5.92 Å². The predicted molar refractivity (Wildman–Crippen MR) is 255 cm³/mol. The molecule has 2 fully saturated rings. The molecule has 3 aliphatic heterocycles. The first kappa shape index (κ1) is 48.6. The van der Waals surface area contributed by atoms with Crippen LogP contribution in [0.5, 0.6) is 11.5 Å². The zero-order chi connectivity index (χ0) is 49.5. The number of thiazole rings is 1. The van der Waals surface area contributed by atoms with Gasteiger partial charge in [0.15, 0.2) is 5.11 Å². The van der Waals surface area contributed by atoms with Gasteiger partial charge in [-0.1, -0.05) is 44.2 Å². The number of hydrogen-bond donors (Lipinski definition) is 2. The molecule has 4 heterocycles. The SMILES string of the molecule is Cc1ncsc1-c1ccc(CNC(=O)[C@@H]2C[C@H](O)CN2C(=O)[C@H](C(C)C)N2Cc3ccccc3C2=O)c(OCCOc2ccc(N3C(=S)N(c4ccc(C#N)c(C(F)(F)F)c4)C(=O)C3(C)C)cc2)c1. The first-order chi connectivity index (χ1) is 32.8. The number of aromatic nitrogens is 1. The summed E-state index contributed by atoms with van der Waals surface area (Å²) >= 11 is 7.14. The van der Waals surface area contributed by atoms with Crippen LogP contribution in [0, 0.1) is 24.2 Å². The Bertz CT molecular complexity index is 2880. The lowest BCUT2D eigenvalue weighted by molar-refractivity contribution is -0.143. The van der Waals surface area contributed by atoms with Gasteiger partial charge >= 0.3 is 6.18 Å². The molecule has 4 aromatic carbocycles. The third kappa shape index (κ3) is 9.48. The van der Waals surface area contributed by atoms with E-state index in [-0.39, 0.29) is 61.9 Å². The number of hydrogen-bond acceptors (Lipinski definition) is 11. The molecule has 0 radical (unpaired) electrons. The van der Waals surface area contributed by atoms with Crippen LogP contribution in [-0.2, 0) is 33.6 Å². The average Bonchev–Trinajstić information content (AvgIpc) is 4.06. The van der Waals surface area contributed by atoms with Crippen molar-refractivity contribution < 1.29 is 46.9 Å². The maximum absolute atomic E-state index is 14.3. The van der Waals surface area contributed by atoms with Crippen molar-refractivity contribution in [3.05, 3.63) is 124 Å². The first-order valence-corrected chi connectivity index (χ1v) is 23.4. The van der Waals surface area contributed by atoms with E-state index < -0.39 is 58.8 Å². The van der Waals surface area contributed by atoms with Gasteiger partial charge in [-0.25, -0.2) is 4.98 Å². The summed E-state index contributed by atoms with van der Waals surface area (Å²) in [5, 5.41) is 22.9. The predicted octanol–water partition coefficient (Wildman–Crippen LogP) is 7.64. The largest absolute Gasteiger partial charge is 0.490 e. The Hall–Kier alpha value is -6.88. The molecule has 1 aromatic heterocycles. The normalized spacial score (nSPS) is 18.2. The van der Waals surface area contributed by atoms with Crippen molar-refractivity contribution in [2.75, 3.05) is 29.6 Å². The molecule has 2 N–H and O–H groups in total. The molecule has 4 amide bonds. The number of aliphatic hydroxyl groups is 1. The summed E-state index contributed by atoms with van der Waals surface area (Å²) in [6.45, 7) is 9.26. The number of aryl methyl sites for hydroxylation is 1. The number of benzene rings is 4. The second-order valence-corrected chi connectivity index (χ2v) is 19.0. The number of alkyl halides is 3. The molecule has 5 aromatic rings. The number of ether oxygens (including phenoxy) is 2. The lowest BCUT2D eigenvalue weighted by Crippen LogP contribution is -2.55. The van der Waals surface area contributed by atoms with E-state index in [1.165, 1.54) is 22.3 Å². The molecular formula is C50H48F3N7O7S2. The standard InChI is InChI=1S/C50H48F3N7O7S2/c1-28(2)42(58-25-33-8-6-7-9-38(33)45(58)63)46(64)57-26-36(61)22-40(57)44(62)55-24-32-11-10-30(43-29(3)56-27-69-43)20-41(32)67-19-18-66-37-16-14-34(15-17-37)60-48(68)59(47(65)49(60,4)5)35-13-12-31(23-54)39(21-35)50(51,52)53/h6-17,20-21,27-28,36,40,42,61H,18-19,22,24-26H2,1-5H3,(H,55,62)/t36-,40-,42-/m0/s1. The zero-order valence-electron chi connectivity index (χ0n) is 38.2. The van der Waals surface area contributed by atoms with Gasteiger partial charge in [-0.15, -0.1) is 11.3 Å². The van der Waals surface area contributed by atoms with Crippen LogP contribution in [0.1, 0.15) is 72.4 Å². The molecule has 358 valence electrons. The number of likely N-dealkylation sites (tertiary alicyclic amines) is 1. The molecule has 3 atom stereocenters. The maximum atomic E-state index is 14.3. The van der Waals surface area contributed by atoms with Gasteiger partial charge in [-0.3, -0.25) is 24.1 Å². The summed E-state index contributed by atoms with van der Waals surface area (Å²) < 4.78 is 53.8. The molecule has 8 rings (SSSR count). The van der Waals surface area contributed by atoms with Crippen LogP contribution >= 0.6 is 23.6 Å². The second kappa shape index (κ2) is 19.3. The van der Waals surface area contributed by atoms with E-state index >= 15 is 0 Å². The quantitative estimate of drug-likeness (QED) is 0.0829. The van der Waals surface area contributed by atoms with Crippen LogP contribution in [0.2, 0.25) is 0 Å². The summed E-state index contributed by atoms with van der Waals surface area (Å²) in [6, 6.07) is 22.3. The summed E-state index contributed by atoms with van der Waals surface area (Å²) in [5.41, 5.74) is 2.80. The highest BCUT2D eigenvalue weighted by Gasteiger charge is 2.51. The van der Waals surface area contributed by atoms with Crippen LogP contribution in [-0.4, -0.2) is 92.1 Å². The van der Waals surface area contributed by atoms with Gasteiger partial charge in [0.25, 0.3) is 11.8 Å². The Labute approximate surface area is 405 Å². The summed E-state index contributed by atoms with van der Waals surface area (Å²) in [5.74, 6) is -1.01. The fraction of sp³-hybridized carbons (Fsp3) is 0.340. The summed E-state index contributed by atoms with van der Waals surface area (Å²) in [7, 11) is 0. The Morgan fingerprint density at radius 3 is 2.39 bits per heavy atom. The van der Waals surface area contributed by atoms with Gasteiger partial charge < -0.3 is 34.6 Å². The van der Waals surface area contributed by atoms with Crippen LogP contribution in [0.15, 0.2) is 90.4 Å². The molecule has 0 aliphatic carbocycles. The van der Waals surface area contributed by atoms with Crippen molar-refractivity contribution in [2.45, 2.75) is 84.0 Å². The number of amides is 4.